The second-order valence-electron chi connectivity index (χ2n) is 5.58. The van der Waals surface area contributed by atoms with E-state index in [-0.39, 0.29) is 0 Å². The third kappa shape index (κ3) is 2.21. The van der Waals surface area contributed by atoms with E-state index >= 15 is 0 Å². The minimum absolute atomic E-state index is 0.523. The van der Waals surface area contributed by atoms with Crippen LogP contribution in [0.1, 0.15) is 24.5 Å². The number of H-pyrrole nitrogens is 1. The summed E-state index contributed by atoms with van der Waals surface area (Å²) in [7, 11) is 0. The van der Waals surface area contributed by atoms with Crippen LogP contribution in [0.2, 0.25) is 0 Å². The highest BCUT2D eigenvalue weighted by molar-refractivity contribution is 5.95. The summed E-state index contributed by atoms with van der Waals surface area (Å²) in [5, 5.41) is 4.61. The Morgan fingerprint density at radius 2 is 1.81 bits per heavy atom. The van der Waals surface area contributed by atoms with E-state index in [1.54, 1.807) is 6.33 Å². The van der Waals surface area contributed by atoms with Crippen LogP contribution in [0.4, 0.5) is 0 Å². The normalized spacial score (nSPS) is 16.4. The third-order valence-electron chi connectivity index (χ3n) is 4.31. The molecule has 3 heterocycles. The first-order chi connectivity index (χ1) is 10.4. The van der Waals surface area contributed by atoms with Gasteiger partial charge in [0.25, 0.3) is 0 Å². The van der Waals surface area contributed by atoms with Crippen molar-refractivity contribution in [3.8, 4) is 11.1 Å². The van der Waals surface area contributed by atoms with Gasteiger partial charge in [0.15, 0.2) is 0 Å². The lowest BCUT2D eigenvalue weighted by molar-refractivity contribution is 0.455. The predicted octanol–water partition coefficient (Wildman–Crippen LogP) is 3.09. The summed E-state index contributed by atoms with van der Waals surface area (Å²) in [5.41, 5.74) is 4.56. The molecule has 106 valence electrons. The van der Waals surface area contributed by atoms with Crippen LogP contribution in [0.15, 0.2) is 42.9 Å². The maximum absolute atomic E-state index is 4.63. The quantitative estimate of drug-likeness (QED) is 0.757. The lowest BCUT2D eigenvalue weighted by atomic mass is 9.91. The maximum atomic E-state index is 4.63. The Bertz CT molecular complexity index is 742. The molecular weight excluding hydrogens is 260 g/mol. The van der Waals surface area contributed by atoms with Gasteiger partial charge in [-0.1, -0.05) is 30.3 Å². The number of nitrogens with one attached hydrogen (secondary N) is 2. The molecule has 21 heavy (non-hydrogen) atoms. The highest BCUT2D eigenvalue weighted by atomic mass is 14.9. The van der Waals surface area contributed by atoms with E-state index in [1.807, 2.05) is 6.07 Å². The number of benzene rings is 1. The van der Waals surface area contributed by atoms with Gasteiger partial charge in [0.1, 0.15) is 12.0 Å². The van der Waals surface area contributed by atoms with Crippen molar-refractivity contribution in [2.24, 2.45) is 0 Å². The van der Waals surface area contributed by atoms with E-state index in [2.05, 4.69) is 50.7 Å². The number of aromatic amines is 1. The van der Waals surface area contributed by atoms with Gasteiger partial charge in [0.2, 0.25) is 0 Å². The molecule has 0 unspecified atom stereocenters. The second kappa shape index (κ2) is 5.30. The highest BCUT2D eigenvalue weighted by Crippen LogP contribution is 2.35. The van der Waals surface area contributed by atoms with Crippen molar-refractivity contribution in [2.75, 3.05) is 13.1 Å². The average Bonchev–Trinajstić information content (AvgIpc) is 3.00. The van der Waals surface area contributed by atoms with Crippen molar-refractivity contribution in [2.45, 2.75) is 18.8 Å². The molecular formula is C17H18N4. The lowest BCUT2D eigenvalue weighted by Gasteiger charge is -2.22. The van der Waals surface area contributed by atoms with Crippen molar-refractivity contribution in [3.05, 3.63) is 48.5 Å². The van der Waals surface area contributed by atoms with Crippen molar-refractivity contribution in [1.82, 2.24) is 20.3 Å². The molecule has 0 saturated carbocycles. The summed E-state index contributed by atoms with van der Waals surface area (Å²) < 4.78 is 0. The molecule has 0 atom stereocenters. The van der Waals surface area contributed by atoms with E-state index in [9.17, 15) is 0 Å². The minimum atomic E-state index is 0.523. The molecule has 4 rings (SSSR count). The minimum Gasteiger partial charge on any atom is -0.345 e. The van der Waals surface area contributed by atoms with Gasteiger partial charge in [-0.2, -0.15) is 0 Å². The molecule has 0 aliphatic carbocycles. The second-order valence-corrected chi connectivity index (χ2v) is 5.58. The van der Waals surface area contributed by atoms with Crippen LogP contribution in [-0.2, 0) is 0 Å². The fraction of sp³-hybridized carbons (Fsp3) is 0.294. The van der Waals surface area contributed by atoms with Crippen LogP contribution < -0.4 is 5.32 Å². The molecule has 2 aromatic heterocycles. The molecule has 1 fully saturated rings. The average molecular weight is 278 g/mol. The summed E-state index contributed by atoms with van der Waals surface area (Å²) >= 11 is 0. The van der Waals surface area contributed by atoms with Gasteiger partial charge in [0.05, 0.1) is 5.69 Å². The Labute approximate surface area is 123 Å². The van der Waals surface area contributed by atoms with Gasteiger partial charge in [-0.05, 0) is 31.5 Å². The Morgan fingerprint density at radius 3 is 2.62 bits per heavy atom. The van der Waals surface area contributed by atoms with Crippen LogP contribution in [0.25, 0.3) is 22.2 Å². The lowest BCUT2D eigenvalue weighted by Crippen LogP contribution is -2.27. The van der Waals surface area contributed by atoms with Gasteiger partial charge < -0.3 is 10.3 Å². The van der Waals surface area contributed by atoms with E-state index in [0.29, 0.717) is 5.92 Å². The van der Waals surface area contributed by atoms with Gasteiger partial charge in [-0.15, -0.1) is 0 Å². The molecule has 0 radical (unpaired) electrons. The summed E-state index contributed by atoms with van der Waals surface area (Å²) in [6.07, 6.45) is 6.03. The molecule has 4 nitrogen and oxygen atoms in total. The number of rotatable bonds is 2. The zero-order valence-corrected chi connectivity index (χ0v) is 11.8. The zero-order chi connectivity index (χ0) is 14.1. The fourth-order valence-electron chi connectivity index (χ4n) is 3.24. The van der Waals surface area contributed by atoms with E-state index in [0.717, 1.165) is 31.6 Å². The first-order valence-electron chi connectivity index (χ1n) is 7.51. The van der Waals surface area contributed by atoms with Gasteiger partial charge in [-0.3, -0.25) is 0 Å². The topological polar surface area (TPSA) is 53.6 Å². The summed E-state index contributed by atoms with van der Waals surface area (Å²) in [6.45, 7) is 2.14. The Hall–Kier alpha value is -2.20. The Balaban J connectivity index is 1.89. The van der Waals surface area contributed by atoms with Crippen molar-refractivity contribution < 1.29 is 0 Å². The monoisotopic (exact) mass is 278 g/mol. The number of hydrogen-bond acceptors (Lipinski definition) is 3. The first-order valence-corrected chi connectivity index (χ1v) is 7.51. The number of piperidine rings is 1. The zero-order valence-electron chi connectivity index (χ0n) is 11.8. The van der Waals surface area contributed by atoms with Gasteiger partial charge in [0, 0.05) is 23.1 Å². The van der Waals surface area contributed by atoms with Crippen molar-refractivity contribution in [3.63, 3.8) is 0 Å². The van der Waals surface area contributed by atoms with Crippen LogP contribution in [0, 0.1) is 0 Å². The van der Waals surface area contributed by atoms with Gasteiger partial charge in [-0.25, -0.2) is 9.97 Å². The van der Waals surface area contributed by atoms with E-state index < -0.39 is 0 Å². The molecule has 0 bridgehead atoms. The Morgan fingerprint density at radius 1 is 1.00 bits per heavy atom. The smallest absolute Gasteiger partial charge is 0.141 e. The summed E-state index contributed by atoms with van der Waals surface area (Å²) in [6, 6.07) is 10.5. The van der Waals surface area contributed by atoms with Crippen LogP contribution >= 0.6 is 0 Å². The molecule has 0 spiro atoms. The largest absolute Gasteiger partial charge is 0.345 e. The maximum Gasteiger partial charge on any atom is 0.141 e. The SMILES string of the molecule is c1ccc(-c2c[nH]c3ncnc(C4CCNCC4)c23)cc1. The van der Waals surface area contributed by atoms with Gasteiger partial charge >= 0.3 is 0 Å². The van der Waals surface area contributed by atoms with Crippen molar-refractivity contribution >= 4 is 11.0 Å². The number of aromatic nitrogens is 3. The highest BCUT2D eigenvalue weighted by Gasteiger charge is 2.21. The number of hydrogen-bond donors (Lipinski definition) is 2. The molecule has 0 amide bonds. The third-order valence-corrected chi connectivity index (χ3v) is 4.31. The number of nitrogens with zero attached hydrogens (tertiary/aromatic N) is 2. The Kier molecular flexibility index (Phi) is 3.16. The molecule has 1 aromatic carbocycles. The molecule has 1 saturated heterocycles. The first kappa shape index (κ1) is 12.5. The van der Waals surface area contributed by atoms with Crippen LogP contribution in [-0.4, -0.2) is 28.0 Å². The van der Waals surface area contributed by atoms with E-state index in [4.69, 9.17) is 0 Å². The molecule has 4 heteroatoms. The van der Waals surface area contributed by atoms with Crippen LogP contribution in [0.5, 0.6) is 0 Å². The fourth-order valence-corrected chi connectivity index (χ4v) is 3.24. The van der Waals surface area contributed by atoms with Crippen LogP contribution in [0.3, 0.4) is 0 Å². The molecule has 3 aromatic rings. The standard InChI is InChI=1S/C17H18N4/c1-2-4-12(5-3-1)14-10-19-17-15(14)16(20-11-21-17)13-6-8-18-9-7-13/h1-5,10-11,13,18H,6-9H2,(H,19,20,21). The molecule has 2 N–H and O–H groups in total. The van der Waals surface area contributed by atoms with E-state index in [1.165, 1.54) is 22.2 Å². The predicted molar refractivity (Wildman–Crippen MR) is 84.2 cm³/mol. The molecule has 1 aliphatic rings. The number of fused-ring (bicyclic) bond motifs is 1. The van der Waals surface area contributed by atoms with Crippen molar-refractivity contribution in [1.29, 1.82) is 0 Å². The molecule has 1 aliphatic heterocycles. The summed E-state index contributed by atoms with van der Waals surface area (Å²) in [4.78, 5) is 12.3. The summed E-state index contributed by atoms with van der Waals surface area (Å²) in [5.74, 6) is 0.523.